The van der Waals surface area contributed by atoms with Crippen LogP contribution in [-0.4, -0.2) is 25.2 Å². The van der Waals surface area contributed by atoms with Gasteiger partial charge in [-0.2, -0.15) is 0 Å². The minimum absolute atomic E-state index is 0.0683. The summed E-state index contributed by atoms with van der Waals surface area (Å²) in [5, 5.41) is 0. The number of carbonyl (C=O) groups excluding carboxylic acids is 2. The summed E-state index contributed by atoms with van der Waals surface area (Å²) in [7, 11) is 0. The van der Waals surface area contributed by atoms with E-state index in [0.29, 0.717) is 25.7 Å². The zero-order valence-corrected chi connectivity index (χ0v) is 11.2. The van der Waals surface area contributed by atoms with Crippen LogP contribution in [0.3, 0.4) is 0 Å². The summed E-state index contributed by atoms with van der Waals surface area (Å²) in [5.74, 6) is -0.228. The second-order valence-electron chi connectivity index (χ2n) is 4.21. The summed E-state index contributed by atoms with van der Waals surface area (Å²) >= 11 is 0. The summed E-state index contributed by atoms with van der Waals surface area (Å²) in [4.78, 5) is 21.6. The van der Waals surface area contributed by atoms with E-state index in [4.69, 9.17) is 9.47 Å². The monoisotopic (exact) mass is 256 g/mol. The van der Waals surface area contributed by atoms with Crippen molar-refractivity contribution in [3.63, 3.8) is 0 Å². The Hall–Kier alpha value is -1.32. The van der Waals surface area contributed by atoms with Gasteiger partial charge in [0.15, 0.2) is 0 Å². The fraction of sp³-hybridized carbons (Fsp3) is 0.714. The smallest absolute Gasteiger partial charge is 0.306 e. The lowest BCUT2D eigenvalue weighted by molar-refractivity contribution is -0.142. The Morgan fingerprint density at radius 3 is 2.61 bits per heavy atom. The highest BCUT2D eigenvalue weighted by molar-refractivity contribution is 5.69. The predicted octanol–water partition coefficient (Wildman–Crippen LogP) is 3.01. The van der Waals surface area contributed by atoms with E-state index in [1.807, 2.05) is 0 Å². The van der Waals surface area contributed by atoms with E-state index >= 15 is 0 Å². The molecule has 0 saturated heterocycles. The highest BCUT2D eigenvalue weighted by Gasteiger charge is 2.10. The first kappa shape index (κ1) is 16.7. The van der Waals surface area contributed by atoms with Gasteiger partial charge in [0.25, 0.3) is 6.47 Å². The fourth-order valence-electron chi connectivity index (χ4n) is 1.68. The van der Waals surface area contributed by atoms with Crippen molar-refractivity contribution in [2.45, 2.75) is 58.0 Å². The summed E-state index contributed by atoms with van der Waals surface area (Å²) in [6.07, 6.45) is 7.43. The van der Waals surface area contributed by atoms with Gasteiger partial charge in [-0.1, -0.05) is 32.4 Å². The van der Waals surface area contributed by atoms with Crippen molar-refractivity contribution in [2.75, 3.05) is 6.61 Å². The van der Waals surface area contributed by atoms with E-state index < -0.39 is 0 Å². The molecule has 0 aliphatic rings. The second-order valence-corrected chi connectivity index (χ2v) is 4.21. The lowest BCUT2D eigenvalue weighted by atomic mass is 10.1. The number of hydrogen-bond acceptors (Lipinski definition) is 4. The molecule has 0 rings (SSSR count). The van der Waals surface area contributed by atoms with Crippen LogP contribution in [-0.2, 0) is 19.1 Å². The van der Waals surface area contributed by atoms with E-state index in [0.717, 1.165) is 25.7 Å². The van der Waals surface area contributed by atoms with Gasteiger partial charge in [0.1, 0.15) is 12.7 Å². The average Bonchev–Trinajstić information content (AvgIpc) is 2.36. The van der Waals surface area contributed by atoms with Crippen LogP contribution in [0.2, 0.25) is 0 Å². The topological polar surface area (TPSA) is 52.6 Å². The van der Waals surface area contributed by atoms with Crippen LogP contribution in [0.25, 0.3) is 0 Å². The standard InChI is InChI=1S/C14H24O4/c1-3-5-6-8-13(18-12-15)9-7-10-14(16)17-11-4-2/h4,12-13H,2-3,5-11H2,1H3. The van der Waals surface area contributed by atoms with Gasteiger partial charge >= 0.3 is 5.97 Å². The maximum atomic E-state index is 11.2. The van der Waals surface area contributed by atoms with Gasteiger partial charge in [-0.25, -0.2) is 0 Å². The molecule has 0 N–H and O–H groups in total. The maximum Gasteiger partial charge on any atom is 0.306 e. The van der Waals surface area contributed by atoms with Crippen LogP contribution >= 0.6 is 0 Å². The molecule has 0 aromatic rings. The first-order valence-corrected chi connectivity index (χ1v) is 6.60. The molecule has 0 saturated carbocycles. The molecule has 0 aromatic carbocycles. The highest BCUT2D eigenvalue weighted by atomic mass is 16.5. The summed E-state index contributed by atoms with van der Waals surface area (Å²) in [5.41, 5.74) is 0. The molecule has 104 valence electrons. The number of ether oxygens (including phenoxy) is 2. The Morgan fingerprint density at radius 2 is 2.00 bits per heavy atom. The van der Waals surface area contributed by atoms with Gasteiger partial charge in [-0.05, 0) is 25.7 Å². The molecule has 0 bridgehead atoms. The van der Waals surface area contributed by atoms with Crippen LogP contribution in [0.1, 0.15) is 51.9 Å². The molecule has 0 heterocycles. The normalized spacial score (nSPS) is 11.6. The van der Waals surface area contributed by atoms with Crippen LogP contribution in [0.15, 0.2) is 12.7 Å². The lowest BCUT2D eigenvalue weighted by Crippen LogP contribution is -2.13. The number of hydrogen-bond donors (Lipinski definition) is 0. The number of unbranched alkanes of at least 4 members (excludes halogenated alkanes) is 2. The molecule has 0 radical (unpaired) electrons. The Morgan fingerprint density at radius 1 is 1.28 bits per heavy atom. The van der Waals surface area contributed by atoms with Crippen LogP contribution in [0.4, 0.5) is 0 Å². The van der Waals surface area contributed by atoms with Gasteiger partial charge in [0, 0.05) is 6.42 Å². The molecule has 18 heavy (non-hydrogen) atoms. The van der Waals surface area contributed by atoms with Gasteiger partial charge in [-0.3, -0.25) is 9.59 Å². The van der Waals surface area contributed by atoms with Crippen molar-refractivity contribution in [1.29, 1.82) is 0 Å². The van der Waals surface area contributed by atoms with E-state index in [-0.39, 0.29) is 18.7 Å². The second kappa shape index (κ2) is 12.1. The largest absolute Gasteiger partial charge is 0.465 e. The average molecular weight is 256 g/mol. The van der Waals surface area contributed by atoms with Crippen LogP contribution in [0, 0.1) is 0 Å². The predicted molar refractivity (Wildman–Crippen MR) is 70.1 cm³/mol. The first-order valence-electron chi connectivity index (χ1n) is 6.60. The quantitative estimate of drug-likeness (QED) is 0.233. The van der Waals surface area contributed by atoms with E-state index in [1.165, 1.54) is 0 Å². The third-order valence-electron chi connectivity index (χ3n) is 2.65. The molecule has 0 aliphatic carbocycles. The molecular weight excluding hydrogens is 232 g/mol. The van der Waals surface area contributed by atoms with Crippen molar-refractivity contribution < 1.29 is 19.1 Å². The lowest BCUT2D eigenvalue weighted by Gasteiger charge is -2.14. The maximum absolute atomic E-state index is 11.2. The molecule has 4 heteroatoms. The van der Waals surface area contributed by atoms with Crippen molar-refractivity contribution in [3.8, 4) is 0 Å². The zero-order valence-electron chi connectivity index (χ0n) is 11.2. The molecule has 4 nitrogen and oxygen atoms in total. The van der Waals surface area contributed by atoms with Crippen molar-refractivity contribution >= 4 is 12.4 Å². The third-order valence-corrected chi connectivity index (χ3v) is 2.65. The van der Waals surface area contributed by atoms with E-state index in [1.54, 1.807) is 6.08 Å². The molecule has 1 atom stereocenters. The summed E-state index contributed by atoms with van der Waals surface area (Å²) in [6.45, 7) is 6.35. The van der Waals surface area contributed by atoms with Crippen molar-refractivity contribution in [2.24, 2.45) is 0 Å². The van der Waals surface area contributed by atoms with Gasteiger partial charge < -0.3 is 9.47 Å². The summed E-state index contributed by atoms with van der Waals surface area (Å²) < 4.78 is 9.87. The Labute approximate surface area is 109 Å². The number of carbonyl (C=O) groups is 2. The SMILES string of the molecule is C=CCOC(=O)CCCC(CCCCC)OC=O. The highest BCUT2D eigenvalue weighted by Crippen LogP contribution is 2.13. The third kappa shape index (κ3) is 9.87. The number of rotatable bonds is 12. The summed E-state index contributed by atoms with van der Waals surface area (Å²) in [6, 6.07) is 0. The van der Waals surface area contributed by atoms with Gasteiger partial charge in [0.2, 0.25) is 0 Å². The molecule has 0 aromatic heterocycles. The Bertz CT molecular complexity index is 238. The minimum Gasteiger partial charge on any atom is -0.465 e. The van der Waals surface area contributed by atoms with E-state index in [2.05, 4.69) is 13.5 Å². The van der Waals surface area contributed by atoms with Gasteiger partial charge in [-0.15, -0.1) is 0 Å². The first-order chi connectivity index (χ1) is 8.74. The van der Waals surface area contributed by atoms with Gasteiger partial charge in [0.05, 0.1) is 0 Å². The molecule has 0 amide bonds. The van der Waals surface area contributed by atoms with Crippen LogP contribution < -0.4 is 0 Å². The van der Waals surface area contributed by atoms with Crippen molar-refractivity contribution in [3.05, 3.63) is 12.7 Å². The van der Waals surface area contributed by atoms with Crippen LogP contribution in [0.5, 0.6) is 0 Å². The molecular formula is C14H24O4. The fourth-order valence-corrected chi connectivity index (χ4v) is 1.68. The van der Waals surface area contributed by atoms with Crippen molar-refractivity contribution in [1.82, 2.24) is 0 Å². The Balaban J connectivity index is 3.70. The minimum atomic E-state index is -0.228. The Kier molecular flexibility index (Phi) is 11.3. The number of esters is 1. The molecule has 0 fully saturated rings. The zero-order chi connectivity index (χ0) is 13.6. The molecule has 0 aliphatic heterocycles. The molecule has 1 unspecified atom stereocenters. The molecule has 0 spiro atoms. The van der Waals surface area contributed by atoms with E-state index in [9.17, 15) is 9.59 Å².